The summed E-state index contributed by atoms with van der Waals surface area (Å²) in [5.74, 6) is 0.00618. The van der Waals surface area contributed by atoms with Crippen molar-refractivity contribution in [1.29, 1.82) is 0 Å². The van der Waals surface area contributed by atoms with Crippen LogP contribution in [0.25, 0.3) is 0 Å². The maximum atomic E-state index is 12.5. The van der Waals surface area contributed by atoms with Crippen molar-refractivity contribution in [2.75, 3.05) is 6.54 Å². The Morgan fingerprint density at radius 2 is 1.65 bits per heavy atom. The molecule has 4 rings (SSSR count). The standard InChI is InChI=1S/C17H23NO2/c18-13-16-6-9-17(10-7-16,11-8-16)15(19)20-12-14-4-2-1-3-5-14/h1-5H,6-13,18H2. The van der Waals surface area contributed by atoms with Crippen molar-refractivity contribution in [1.82, 2.24) is 0 Å². The quantitative estimate of drug-likeness (QED) is 0.858. The van der Waals surface area contributed by atoms with Crippen LogP contribution in [0.5, 0.6) is 0 Å². The number of ether oxygens (including phenoxy) is 1. The van der Waals surface area contributed by atoms with Crippen molar-refractivity contribution in [2.24, 2.45) is 16.6 Å². The smallest absolute Gasteiger partial charge is 0.312 e. The van der Waals surface area contributed by atoms with Gasteiger partial charge in [-0.3, -0.25) is 4.79 Å². The normalized spacial score (nSPS) is 32.0. The van der Waals surface area contributed by atoms with E-state index in [9.17, 15) is 4.79 Å². The fourth-order valence-corrected chi connectivity index (χ4v) is 3.75. The van der Waals surface area contributed by atoms with Gasteiger partial charge in [0.25, 0.3) is 0 Å². The minimum Gasteiger partial charge on any atom is -0.460 e. The van der Waals surface area contributed by atoms with E-state index in [0.717, 1.165) is 50.6 Å². The van der Waals surface area contributed by atoms with Gasteiger partial charge in [0.2, 0.25) is 0 Å². The number of hydrogen-bond donors (Lipinski definition) is 1. The van der Waals surface area contributed by atoms with Gasteiger partial charge in [0.1, 0.15) is 6.61 Å². The van der Waals surface area contributed by atoms with Gasteiger partial charge in [0, 0.05) is 0 Å². The molecule has 0 saturated heterocycles. The molecule has 108 valence electrons. The molecule has 3 aliphatic rings. The van der Waals surface area contributed by atoms with Gasteiger partial charge in [-0.1, -0.05) is 30.3 Å². The first-order chi connectivity index (χ1) is 9.68. The van der Waals surface area contributed by atoms with Gasteiger partial charge < -0.3 is 10.5 Å². The van der Waals surface area contributed by atoms with E-state index in [1.54, 1.807) is 0 Å². The summed E-state index contributed by atoms with van der Waals surface area (Å²) in [6, 6.07) is 9.90. The summed E-state index contributed by atoms with van der Waals surface area (Å²) in [4.78, 5) is 12.5. The van der Waals surface area contributed by atoms with Crippen LogP contribution in [0.4, 0.5) is 0 Å². The Morgan fingerprint density at radius 1 is 1.05 bits per heavy atom. The molecule has 3 fully saturated rings. The number of nitrogens with two attached hydrogens (primary N) is 1. The summed E-state index contributed by atoms with van der Waals surface area (Å²) in [7, 11) is 0. The average molecular weight is 273 g/mol. The summed E-state index contributed by atoms with van der Waals surface area (Å²) >= 11 is 0. The number of carbonyl (C=O) groups excluding carboxylic acids is 1. The highest BCUT2D eigenvalue weighted by Gasteiger charge is 2.52. The van der Waals surface area contributed by atoms with Crippen LogP contribution in [0, 0.1) is 10.8 Å². The molecule has 0 aromatic heterocycles. The molecule has 1 aromatic carbocycles. The molecule has 3 nitrogen and oxygen atoms in total. The zero-order valence-corrected chi connectivity index (χ0v) is 11.9. The molecule has 0 aliphatic heterocycles. The van der Waals surface area contributed by atoms with E-state index in [2.05, 4.69) is 0 Å². The topological polar surface area (TPSA) is 52.3 Å². The Balaban J connectivity index is 1.61. The second kappa shape index (κ2) is 5.21. The van der Waals surface area contributed by atoms with E-state index in [-0.39, 0.29) is 11.4 Å². The molecule has 0 spiro atoms. The molecule has 0 amide bonds. The molecule has 0 unspecified atom stereocenters. The predicted octanol–water partition coefficient (Wildman–Crippen LogP) is 3.03. The van der Waals surface area contributed by atoms with Crippen LogP contribution in [0.1, 0.15) is 44.1 Å². The van der Waals surface area contributed by atoms with Crippen LogP contribution in [-0.2, 0) is 16.1 Å². The first kappa shape index (κ1) is 13.6. The lowest BCUT2D eigenvalue weighted by Gasteiger charge is -2.51. The van der Waals surface area contributed by atoms with Crippen molar-refractivity contribution in [3.63, 3.8) is 0 Å². The van der Waals surface area contributed by atoms with Crippen molar-refractivity contribution < 1.29 is 9.53 Å². The lowest BCUT2D eigenvalue weighted by atomic mass is 9.54. The number of carbonyl (C=O) groups is 1. The number of benzene rings is 1. The molecule has 0 radical (unpaired) electrons. The van der Waals surface area contributed by atoms with E-state index in [1.807, 2.05) is 30.3 Å². The SMILES string of the molecule is NCC12CCC(C(=O)OCc3ccccc3)(CC1)CC2. The summed E-state index contributed by atoms with van der Waals surface area (Å²) in [6.45, 7) is 1.16. The highest BCUT2D eigenvalue weighted by molar-refractivity contribution is 5.77. The zero-order valence-electron chi connectivity index (χ0n) is 11.9. The van der Waals surface area contributed by atoms with Gasteiger partial charge in [-0.15, -0.1) is 0 Å². The van der Waals surface area contributed by atoms with Gasteiger partial charge in [-0.25, -0.2) is 0 Å². The van der Waals surface area contributed by atoms with Crippen molar-refractivity contribution >= 4 is 5.97 Å². The fraction of sp³-hybridized carbons (Fsp3) is 0.588. The maximum absolute atomic E-state index is 12.5. The van der Waals surface area contributed by atoms with Gasteiger partial charge in [0.15, 0.2) is 0 Å². The van der Waals surface area contributed by atoms with Crippen LogP contribution in [0.3, 0.4) is 0 Å². The molecule has 20 heavy (non-hydrogen) atoms. The highest BCUT2D eigenvalue weighted by atomic mass is 16.5. The van der Waals surface area contributed by atoms with Crippen LogP contribution >= 0.6 is 0 Å². The molecule has 3 heteroatoms. The Morgan fingerprint density at radius 3 is 2.20 bits per heavy atom. The maximum Gasteiger partial charge on any atom is 0.312 e. The van der Waals surface area contributed by atoms with E-state index < -0.39 is 0 Å². The van der Waals surface area contributed by atoms with Crippen molar-refractivity contribution in [3.05, 3.63) is 35.9 Å². The summed E-state index contributed by atoms with van der Waals surface area (Å²) in [6.07, 6.45) is 6.13. The largest absolute Gasteiger partial charge is 0.460 e. The predicted molar refractivity (Wildman–Crippen MR) is 77.9 cm³/mol. The molecule has 3 aliphatic carbocycles. The Bertz CT molecular complexity index is 458. The third kappa shape index (κ3) is 2.35. The molecular formula is C17H23NO2. The third-order valence-electron chi connectivity index (χ3n) is 5.48. The third-order valence-corrected chi connectivity index (χ3v) is 5.48. The van der Waals surface area contributed by atoms with Crippen molar-refractivity contribution in [3.8, 4) is 0 Å². The monoisotopic (exact) mass is 273 g/mol. The van der Waals surface area contributed by atoms with Gasteiger partial charge in [-0.05, 0) is 56.0 Å². The summed E-state index contributed by atoms with van der Waals surface area (Å²) < 4.78 is 5.58. The second-order valence-corrected chi connectivity index (χ2v) is 6.55. The minimum absolute atomic E-state index is 0.00618. The van der Waals surface area contributed by atoms with E-state index >= 15 is 0 Å². The first-order valence-corrected chi connectivity index (χ1v) is 7.59. The van der Waals surface area contributed by atoms with Crippen molar-refractivity contribution in [2.45, 2.75) is 45.1 Å². The molecular weight excluding hydrogens is 250 g/mol. The summed E-state index contributed by atoms with van der Waals surface area (Å²) in [5.41, 5.74) is 7.07. The average Bonchev–Trinajstić information content (AvgIpc) is 2.55. The van der Waals surface area contributed by atoms with Crippen LogP contribution < -0.4 is 5.73 Å². The lowest BCUT2D eigenvalue weighted by molar-refractivity contribution is -0.167. The fourth-order valence-electron chi connectivity index (χ4n) is 3.75. The molecule has 2 bridgehead atoms. The minimum atomic E-state index is -0.217. The zero-order chi connectivity index (χ0) is 14.1. The van der Waals surface area contributed by atoms with E-state index in [0.29, 0.717) is 12.0 Å². The Kier molecular flexibility index (Phi) is 3.55. The van der Waals surface area contributed by atoms with E-state index in [1.165, 1.54) is 0 Å². The number of esters is 1. The summed E-state index contributed by atoms with van der Waals surface area (Å²) in [5, 5.41) is 0. The van der Waals surface area contributed by atoms with Gasteiger partial charge >= 0.3 is 5.97 Å². The Labute approximate surface area is 120 Å². The van der Waals surface area contributed by atoms with Crippen LogP contribution in [-0.4, -0.2) is 12.5 Å². The van der Waals surface area contributed by atoms with Gasteiger partial charge in [0.05, 0.1) is 5.41 Å². The highest BCUT2D eigenvalue weighted by Crippen LogP contribution is 2.56. The molecule has 1 aromatic rings. The molecule has 3 saturated carbocycles. The van der Waals surface area contributed by atoms with Crippen LogP contribution in [0.15, 0.2) is 30.3 Å². The number of fused-ring (bicyclic) bond motifs is 3. The van der Waals surface area contributed by atoms with Crippen LogP contribution in [0.2, 0.25) is 0 Å². The number of hydrogen-bond acceptors (Lipinski definition) is 3. The van der Waals surface area contributed by atoms with E-state index in [4.69, 9.17) is 10.5 Å². The van der Waals surface area contributed by atoms with Gasteiger partial charge in [-0.2, -0.15) is 0 Å². The second-order valence-electron chi connectivity index (χ2n) is 6.55. The molecule has 0 heterocycles. The molecule has 2 N–H and O–H groups in total. The number of rotatable bonds is 4. The molecule has 0 atom stereocenters. The Hall–Kier alpha value is -1.35. The lowest BCUT2D eigenvalue weighted by Crippen LogP contribution is -2.49. The first-order valence-electron chi connectivity index (χ1n) is 7.59.